The number of esters is 1. The molecule has 1 unspecified atom stereocenters. The van der Waals surface area contributed by atoms with Crippen molar-refractivity contribution in [2.75, 3.05) is 20.7 Å². The van der Waals surface area contributed by atoms with Gasteiger partial charge in [0.15, 0.2) is 5.65 Å². The van der Waals surface area contributed by atoms with Crippen molar-refractivity contribution in [2.24, 2.45) is 0 Å². The van der Waals surface area contributed by atoms with Crippen LogP contribution in [-0.2, 0) is 32.3 Å². The predicted octanol–water partition coefficient (Wildman–Crippen LogP) is 4.55. The summed E-state index contributed by atoms with van der Waals surface area (Å²) in [5, 5.41) is 4.46. The molecule has 192 valence electrons. The summed E-state index contributed by atoms with van der Waals surface area (Å²) in [6.45, 7) is 1.54. The Bertz CT molecular complexity index is 1420. The summed E-state index contributed by atoms with van der Waals surface area (Å²) in [4.78, 5) is 31.4. The van der Waals surface area contributed by atoms with Crippen LogP contribution in [0.1, 0.15) is 23.7 Å². The van der Waals surface area contributed by atoms with Crippen LogP contribution in [0.4, 0.5) is 13.2 Å². The van der Waals surface area contributed by atoms with E-state index in [-0.39, 0.29) is 12.5 Å². The number of halogens is 3. The molecule has 2 heterocycles. The summed E-state index contributed by atoms with van der Waals surface area (Å²) in [6.07, 6.45) is -1.09. The number of alkyl halides is 3. The molecule has 0 N–H and O–H groups in total. The minimum Gasteiger partial charge on any atom is -0.468 e. The van der Waals surface area contributed by atoms with Crippen LogP contribution in [0.5, 0.6) is 0 Å². The highest BCUT2D eigenvalue weighted by atomic mass is 19.4. The molecule has 10 heteroatoms. The van der Waals surface area contributed by atoms with Crippen molar-refractivity contribution in [3.8, 4) is 11.1 Å². The van der Waals surface area contributed by atoms with Crippen molar-refractivity contribution in [1.29, 1.82) is 0 Å². The van der Waals surface area contributed by atoms with E-state index in [4.69, 9.17) is 4.74 Å². The SMILES string of the molecule is COC(=O)CN(C)C(=O)C(C)(Cc1ccccc1)c1ccnc2c(-c3ccc(C(F)(F)F)cc3)cnn12. The van der Waals surface area contributed by atoms with E-state index in [1.165, 1.54) is 48.1 Å². The Morgan fingerprint density at radius 2 is 1.70 bits per heavy atom. The largest absolute Gasteiger partial charge is 0.468 e. The van der Waals surface area contributed by atoms with Crippen LogP contribution in [0.2, 0.25) is 0 Å². The summed E-state index contributed by atoms with van der Waals surface area (Å²) in [6, 6.07) is 15.9. The molecule has 0 bridgehead atoms. The van der Waals surface area contributed by atoms with Crippen molar-refractivity contribution < 1.29 is 27.5 Å². The van der Waals surface area contributed by atoms with Crippen LogP contribution >= 0.6 is 0 Å². The average Bonchev–Trinajstić information content (AvgIpc) is 3.32. The lowest BCUT2D eigenvalue weighted by Gasteiger charge is -2.33. The molecule has 0 spiro atoms. The molecule has 1 amide bonds. The molecule has 37 heavy (non-hydrogen) atoms. The number of carbonyl (C=O) groups excluding carboxylic acids is 2. The molecule has 0 radical (unpaired) electrons. The highest BCUT2D eigenvalue weighted by Gasteiger charge is 2.40. The second kappa shape index (κ2) is 10.0. The predicted molar refractivity (Wildman–Crippen MR) is 131 cm³/mol. The molecule has 4 aromatic rings. The zero-order valence-electron chi connectivity index (χ0n) is 20.5. The van der Waals surface area contributed by atoms with Gasteiger partial charge in [0, 0.05) is 18.8 Å². The lowest BCUT2D eigenvalue weighted by molar-refractivity contribution is -0.148. The van der Waals surface area contributed by atoms with Gasteiger partial charge in [0.1, 0.15) is 6.54 Å². The Morgan fingerprint density at radius 1 is 1.03 bits per heavy atom. The van der Waals surface area contributed by atoms with Crippen molar-refractivity contribution in [1.82, 2.24) is 19.5 Å². The smallest absolute Gasteiger partial charge is 0.416 e. The van der Waals surface area contributed by atoms with Crippen molar-refractivity contribution in [3.63, 3.8) is 0 Å². The van der Waals surface area contributed by atoms with Crippen LogP contribution in [0.3, 0.4) is 0 Å². The van der Waals surface area contributed by atoms with Gasteiger partial charge in [0.2, 0.25) is 5.91 Å². The van der Waals surface area contributed by atoms with Crippen LogP contribution < -0.4 is 0 Å². The van der Waals surface area contributed by atoms with Crippen molar-refractivity contribution >= 4 is 17.5 Å². The van der Waals surface area contributed by atoms with E-state index in [2.05, 4.69) is 10.1 Å². The van der Waals surface area contributed by atoms with E-state index < -0.39 is 23.1 Å². The van der Waals surface area contributed by atoms with E-state index in [0.717, 1.165) is 17.7 Å². The fraction of sp³-hybridized carbons (Fsp3) is 0.259. The maximum atomic E-state index is 13.8. The molecule has 0 saturated heterocycles. The summed E-state index contributed by atoms with van der Waals surface area (Å²) < 4.78 is 45.3. The number of rotatable bonds is 7. The van der Waals surface area contributed by atoms with Gasteiger partial charge in [-0.2, -0.15) is 18.3 Å². The Labute approximate surface area is 211 Å². The highest BCUT2D eigenvalue weighted by molar-refractivity contribution is 5.90. The molecule has 0 saturated carbocycles. The van der Waals surface area contributed by atoms with Crippen molar-refractivity contribution in [3.05, 3.63) is 89.9 Å². The first-order valence-electron chi connectivity index (χ1n) is 11.4. The number of methoxy groups -OCH3 is 1. The highest BCUT2D eigenvalue weighted by Crippen LogP contribution is 2.34. The van der Waals surface area contributed by atoms with Crippen LogP contribution in [0, 0.1) is 0 Å². The van der Waals surface area contributed by atoms with E-state index in [1.807, 2.05) is 30.3 Å². The van der Waals surface area contributed by atoms with Gasteiger partial charge in [0.25, 0.3) is 0 Å². The average molecular weight is 511 g/mol. The maximum Gasteiger partial charge on any atom is 0.416 e. The van der Waals surface area contributed by atoms with Gasteiger partial charge >= 0.3 is 12.1 Å². The fourth-order valence-electron chi connectivity index (χ4n) is 4.38. The van der Waals surface area contributed by atoms with Gasteiger partial charge in [-0.15, -0.1) is 0 Å². The number of hydrogen-bond acceptors (Lipinski definition) is 5. The molecule has 2 aromatic carbocycles. The molecule has 0 aliphatic carbocycles. The third kappa shape index (κ3) is 5.18. The normalized spacial score (nSPS) is 13.2. The quantitative estimate of drug-likeness (QED) is 0.341. The number of hydrogen-bond donors (Lipinski definition) is 0. The van der Waals surface area contributed by atoms with Crippen LogP contribution in [-0.4, -0.2) is 52.1 Å². The van der Waals surface area contributed by atoms with E-state index in [9.17, 15) is 22.8 Å². The molecular formula is C27H25F3N4O3. The summed E-state index contributed by atoms with van der Waals surface area (Å²) in [5.41, 5.74) is 0.899. The van der Waals surface area contributed by atoms with Crippen LogP contribution in [0.15, 0.2) is 73.1 Å². The summed E-state index contributed by atoms with van der Waals surface area (Å²) >= 11 is 0. The van der Waals surface area contributed by atoms with Crippen molar-refractivity contribution in [2.45, 2.75) is 24.9 Å². The molecule has 0 aliphatic heterocycles. The molecule has 0 aliphatic rings. The Hall–Kier alpha value is -4.21. The second-order valence-electron chi connectivity index (χ2n) is 8.93. The molecule has 0 fully saturated rings. The minimum absolute atomic E-state index is 0.232. The first kappa shape index (κ1) is 25.9. The van der Waals surface area contributed by atoms with Gasteiger partial charge in [0.05, 0.1) is 30.0 Å². The number of likely N-dealkylation sites (N-methyl/N-ethyl adjacent to an activating group) is 1. The lowest BCUT2D eigenvalue weighted by Crippen LogP contribution is -2.47. The van der Waals surface area contributed by atoms with Gasteiger partial charge in [-0.25, -0.2) is 9.50 Å². The first-order chi connectivity index (χ1) is 17.5. The second-order valence-corrected chi connectivity index (χ2v) is 8.93. The summed E-state index contributed by atoms with van der Waals surface area (Å²) in [7, 11) is 2.78. The van der Waals surface area contributed by atoms with Crippen LogP contribution in [0.25, 0.3) is 16.8 Å². The lowest BCUT2D eigenvalue weighted by atomic mass is 9.78. The third-order valence-corrected chi connectivity index (χ3v) is 6.30. The number of carbonyl (C=O) groups is 2. The Morgan fingerprint density at radius 3 is 2.32 bits per heavy atom. The Balaban J connectivity index is 1.81. The zero-order chi connectivity index (χ0) is 26.8. The van der Waals surface area contributed by atoms with E-state index in [0.29, 0.717) is 28.9 Å². The number of amides is 1. The molecule has 4 rings (SSSR count). The minimum atomic E-state index is -4.44. The first-order valence-corrected chi connectivity index (χ1v) is 11.4. The number of benzene rings is 2. The maximum absolute atomic E-state index is 13.8. The molecular weight excluding hydrogens is 485 g/mol. The Kier molecular flexibility index (Phi) is 7.02. The van der Waals surface area contributed by atoms with E-state index in [1.54, 1.807) is 13.0 Å². The van der Waals surface area contributed by atoms with Gasteiger partial charge in [-0.1, -0.05) is 42.5 Å². The fourth-order valence-corrected chi connectivity index (χ4v) is 4.38. The molecule has 1 atom stereocenters. The number of aromatic nitrogens is 3. The number of nitrogens with zero attached hydrogens (tertiary/aromatic N) is 4. The molecule has 7 nitrogen and oxygen atoms in total. The molecule has 2 aromatic heterocycles. The van der Waals surface area contributed by atoms with Gasteiger partial charge in [-0.3, -0.25) is 9.59 Å². The number of ether oxygens (including phenoxy) is 1. The standard InChI is InChI=1S/C27H25F3N4O3/c1-26(15-18-7-5-4-6-8-18,25(36)33(2)17-23(35)37-3)22-13-14-31-24-21(16-32-34(22)24)19-9-11-20(12-10-19)27(28,29)30/h4-14,16H,15,17H2,1-3H3. The third-order valence-electron chi connectivity index (χ3n) is 6.30. The topological polar surface area (TPSA) is 76.8 Å². The van der Waals surface area contributed by atoms with E-state index >= 15 is 0 Å². The van der Waals surface area contributed by atoms with Gasteiger partial charge in [-0.05, 0) is 42.7 Å². The summed E-state index contributed by atoms with van der Waals surface area (Å²) in [5.74, 6) is -0.887. The number of fused-ring (bicyclic) bond motifs is 1. The monoisotopic (exact) mass is 510 g/mol. The van der Waals surface area contributed by atoms with Gasteiger partial charge < -0.3 is 9.64 Å². The zero-order valence-corrected chi connectivity index (χ0v) is 20.5.